The lowest BCUT2D eigenvalue weighted by molar-refractivity contribution is 0.0599. The number of aliphatic hydroxyl groups excluding tert-OH is 1. The molecule has 1 N–H and O–H groups in total. The minimum atomic E-state index is -0.389. The van der Waals surface area contributed by atoms with Crippen molar-refractivity contribution in [2.45, 2.75) is 32.8 Å². The van der Waals surface area contributed by atoms with Crippen molar-refractivity contribution in [3.8, 4) is 0 Å². The van der Waals surface area contributed by atoms with E-state index in [0.29, 0.717) is 29.9 Å². The maximum atomic E-state index is 11.3. The van der Waals surface area contributed by atoms with Gasteiger partial charge in [0.15, 0.2) is 0 Å². The van der Waals surface area contributed by atoms with Gasteiger partial charge in [0.1, 0.15) is 17.1 Å². The monoisotopic (exact) mass is 212 g/mol. The van der Waals surface area contributed by atoms with E-state index in [1.807, 2.05) is 0 Å². The molecule has 0 fully saturated rings. The molecule has 0 spiro atoms. The van der Waals surface area contributed by atoms with Gasteiger partial charge in [-0.05, 0) is 26.3 Å². The van der Waals surface area contributed by atoms with Crippen molar-refractivity contribution < 1.29 is 19.1 Å². The van der Waals surface area contributed by atoms with Crippen LogP contribution in [0.5, 0.6) is 0 Å². The number of carbonyl (C=O) groups is 1. The van der Waals surface area contributed by atoms with Crippen LogP contribution in [-0.4, -0.2) is 24.3 Å². The molecular formula is C11H16O4. The molecule has 0 aromatic carbocycles. The van der Waals surface area contributed by atoms with Crippen molar-refractivity contribution in [2.75, 3.05) is 7.11 Å². The second kappa shape index (κ2) is 4.98. The summed E-state index contributed by atoms with van der Waals surface area (Å²) in [6, 6.07) is 1.67. The maximum absolute atomic E-state index is 11.3. The number of hydrogen-bond donors (Lipinski definition) is 1. The summed E-state index contributed by atoms with van der Waals surface area (Å²) in [5.74, 6) is 0.871. The Morgan fingerprint density at radius 3 is 2.87 bits per heavy atom. The summed E-state index contributed by atoms with van der Waals surface area (Å²) in [7, 11) is 1.34. The molecule has 0 saturated heterocycles. The van der Waals surface area contributed by atoms with Crippen molar-refractivity contribution in [1.29, 1.82) is 0 Å². The zero-order valence-electron chi connectivity index (χ0n) is 9.24. The van der Waals surface area contributed by atoms with Gasteiger partial charge < -0.3 is 14.3 Å². The largest absolute Gasteiger partial charge is 0.465 e. The fraction of sp³-hybridized carbons (Fsp3) is 0.545. The highest BCUT2D eigenvalue weighted by Crippen LogP contribution is 2.17. The molecule has 0 aliphatic heterocycles. The molecule has 15 heavy (non-hydrogen) atoms. The molecule has 0 saturated carbocycles. The van der Waals surface area contributed by atoms with E-state index < -0.39 is 0 Å². The molecule has 84 valence electrons. The number of aliphatic hydroxyl groups is 1. The van der Waals surface area contributed by atoms with Gasteiger partial charge in [-0.2, -0.15) is 0 Å². The van der Waals surface area contributed by atoms with Crippen LogP contribution in [0.25, 0.3) is 0 Å². The molecule has 4 heteroatoms. The van der Waals surface area contributed by atoms with Crippen molar-refractivity contribution in [3.05, 3.63) is 23.2 Å². The van der Waals surface area contributed by atoms with E-state index in [1.165, 1.54) is 7.11 Å². The summed E-state index contributed by atoms with van der Waals surface area (Å²) in [4.78, 5) is 11.3. The van der Waals surface area contributed by atoms with Crippen molar-refractivity contribution in [3.63, 3.8) is 0 Å². The highest BCUT2D eigenvalue weighted by Gasteiger charge is 2.15. The predicted octanol–water partition coefficient (Wildman–Crippen LogP) is 1.69. The van der Waals surface area contributed by atoms with E-state index >= 15 is 0 Å². The summed E-state index contributed by atoms with van der Waals surface area (Å²) in [6.45, 7) is 3.44. The maximum Gasteiger partial charge on any atom is 0.341 e. The van der Waals surface area contributed by atoms with Gasteiger partial charge in [-0.25, -0.2) is 4.79 Å². The molecule has 0 unspecified atom stereocenters. The molecule has 0 amide bonds. The number of ether oxygens (including phenoxy) is 1. The lowest BCUT2D eigenvalue weighted by Crippen LogP contribution is -2.01. The number of carbonyl (C=O) groups excluding carboxylic acids is 1. The Bertz CT molecular complexity index is 338. The van der Waals surface area contributed by atoms with Gasteiger partial charge in [0.25, 0.3) is 0 Å². The van der Waals surface area contributed by atoms with Crippen LogP contribution in [0.4, 0.5) is 0 Å². The number of hydrogen-bond acceptors (Lipinski definition) is 4. The van der Waals surface area contributed by atoms with Crippen molar-refractivity contribution in [2.24, 2.45) is 0 Å². The molecule has 1 atom stereocenters. The molecule has 0 radical (unpaired) electrons. The quantitative estimate of drug-likeness (QED) is 0.771. The van der Waals surface area contributed by atoms with E-state index in [1.54, 1.807) is 19.9 Å². The summed E-state index contributed by atoms with van der Waals surface area (Å²) >= 11 is 0. The molecule has 4 nitrogen and oxygen atoms in total. The lowest BCUT2D eigenvalue weighted by Gasteiger charge is -1.99. The fourth-order valence-corrected chi connectivity index (χ4v) is 1.33. The third kappa shape index (κ3) is 3.09. The van der Waals surface area contributed by atoms with Gasteiger partial charge in [-0.3, -0.25) is 0 Å². The van der Waals surface area contributed by atoms with Gasteiger partial charge in [0, 0.05) is 6.42 Å². The number of furan rings is 1. The van der Waals surface area contributed by atoms with Gasteiger partial charge >= 0.3 is 5.97 Å². The molecule has 1 aromatic heterocycles. The molecule has 0 bridgehead atoms. The number of rotatable bonds is 4. The second-order valence-corrected chi connectivity index (χ2v) is 3.56. The number of aryl methyl sites for hydroxylation is 2. The van der Waals surface area contributed by atoms with Gasteiger partial charge in [0.2, 0.25) is 0 Å². The fourth-order valence-electron chi connectivity index (χ4n) is 1.33. The van der Waals surface area contributed by atoms with Crippen LogP contribution < -0.4 is 0 Å². The Morgan fingerprint density at radius 1 is 1.67 bits per heavy atom. The molecular weight excluding hydrogens is 196 g/mol. The smallest absolute Gasteiger partial charge is 0.341 e. The Labute approximate surface area is 88.8 Å². The third-order valence-electron chi connectivity index (χ3n) is 2.18. The van der Waals surface area contributed by atoms with Crippen LogP contribution in [-0.2, 0) is 11.2 Å². The highest BCUT2D eigenvalue weighted by atomic mass is 16.5. The highest BCUT2D eigenvalue weighted by molar-refractivity contribution is 5.90. The van der Waals surface area contributed by atoms with Crippen molar-refractivity contribution in [1.82, 2.24) is 0 Å². The molecule has 1 heterocycles. The average molecular weight is 212 g/mol. The zero-order valence-corrected chi connectivity index (χ0v) is 9.24. The van der Waals surface area contributed by atoms with E-state index in [9.17, 15) is 4.79 Å². The molecule has 1 rings (SSSR count). The first-order chi connectivity index (χ1) is 7.04. The molecule has 0 aliphatic carbocycles. The SMILES string of the molecule is COC(=O)c1cc(CC[C@H](C)O)oc1C. The standard InChI is InChI=1S/C11H16O4/c1-7(12)4-5-9-6-10(8(2)15-9)11(13)14-3/h6-7,12H,4-5H2,1-3H3/t7-/m0/s1. The Balaban J connectivity index is 2.72. The lowest BCUT2D eigenvalue weighted by atomic mass is 10.1. The summed E-state index contributed by atoms with van der Waals surface area (Å²) in [5, 5.41) is 9.11. The molecule has 1 aromatic rings. The first-order valence-electron chi connectivity index (χ1n) is 4.90. The predicted molar refractivity (Wildman–Crippen MR) is 54.8 cm³/mol. The minimum absolute atomic E-state index is 0.364. The van der Waals surface area contributed by atoms with Crippen LogP contribution in [0.2, 0.25) is 0 Å². The Hall–Kier alpha value is -1.29. The second-order valence-electron chi connectivity index (χ2n) is 3.56. The van der Waals surface area contributed by atoms with Crippen LogP contribution >= 0.6 is 0 Å². The van der Waals surface area contributed by atoms with Gasteiger partial charge in [-0.1, -0.05) is 0 Å². The Kier molecular flexibility index (Phi) is 3.91. The summed E-state index contributed by atoms with van der Waals surface area (Å²) in [5.41, 5.74) is 0.457. The van der Waals surface area contributed by atoms with Crippen molar-refractivity contribution >= 4 is 5.97 Å². The summed E-state index contributed by atoms with van der Waals surface area (Å²) < 4.78 is 9.98. The van der Waals surface area contributed by atoms with E-state index in [2.05, 4.69) is 4.74 Å². The zero-order chi connectivity index (χ0) is 11.4. The van der Waals surface area contributed by atoms with E-state index in [-0.39, 0.29) is 12.1 Å². The first-order valence-corrected chi connectivity index (χ1v) is 4.90. The van der Waals surface area contributed by atoms with Crippen LogP contribution in [0, 0.1) is 6.92 Å². The normalized spacial score (nSPS) is 12.5. The first kappa shape index (κ1) is 11.8. The van der Waals surface area contributed by atoms with E-state index in [0.717, 1.165) is 0 Å². The van der Waals surface area contributed by atoms with Gasteiger partial charge in [0.05, 0.1) is 13.2 Å². The average Bonchev–Trinajstić information content (AvgIpc) is 2.55. The van der Waals surface area contributed by atoms with Crippen LogP contribution in [0.3, 0.4) is 0 Å². The van der Waals surface area contributed by atoms with E-state index in [4.69, 9.17) is 9.52 Å². The number of methoxy groups -OCH3 is 1. The van der Waals surface area contributed by atoms with Gasteiger partial charge in [-0.15, -0.1) is 0 Å². The van der Waals surface area contributed by atoms with Crippen LogP contribution in [0.1, 0.15) is 35.2 Å². The summed E-state index contributed by atoms with van der Waals surface area (Å²) in [6.07, 6.45) is 0.875. The molecule has 0 aliphatic rings. The third-order valence-corrected chi connectivity index (χ3v) is 2.18. The number of esters is 1. The Morgan fingerprint density at radius 2 is 2.33 bits per heavy atom. The minimum Gasteiger partial charge on any atom is -0.465 e. The van der Waals surface area contributed by atoms with Crippen LogP contribution in [0.15, 0.2) is 10.5 Å². The topological polar surface area (TPSA) is 59.7 Å².